The van der Waals surface area contributed by atoms with Crippen molar-refractivity contribution in [3.8, 4) is 0 Å². The summed E-state index contributed by atoms with van der Waals surface area (Å²) in [4.78, 5) is 12.0. The van der Waals surface area contributed by atoms with Crippen LogP contribution < -0.4 is 5.32 Å². The molecule has 4 nitrogen and oxygen atoms in total. The van der Waals surface area contributed by atoms with E-state index in [9.17, 15) is 4.79 Å². The van der Waals surface area contributed by atoms with Crippen LogP contribution in [-0.2, 0) is 14.3 Å². The van der Waals surface area contributed by atoms with Crippen LogP contribution in [0.2, 0.25) is 0 Å². The molecule has 0 aliphatic heterocycles. The summed E-state index contributed by atoms with van der Waals surface area (Å²) >= 11 is 0. The molecule has 0 radical (unpaired) electrons. The van der Waals surface area contributed by atoms with Crippen molar-refractivity contribution in [1.29, 1.82) is 0 Å². The zero-order chi connectivity index (χ0) is 14.3. The van der Waals surface area contributed by atoms with E-state index in [1.165, 1.54) is 0 Å². The molecule has 1 atom stereocenters. The van der Waals surface area contributed by atoms with Gasteiger partial charge in [0.1, 0.15) is 6.04 Å². The highest BCUT2D eigenvalue weighted by molar-refractivity contribution is 5.77. The van der Waals surface area contributed by atoms with Crippen LogP contribution in [0.3, 0.4) is 0 Å². The Morgan fingerprint density at radius 2 is 1.95 bits per heavy atom. The van der Waals surface area contributed by atoms with Crippen molar-refractivity contribution in [3.05, 3.63) is 35.9 Å². The van der Waals surface area contributed by atoms with Crippen LogP contribution in [0.5, 0.6) is 0 Å². The van der Waals surface area contributed by atoms with E-state index in [0.717, 1.165) is 5.56 Å². The summed E-state index contributed by atoms with van der Waals surface area (Å²) in [5.74, 6) is -0.263. The van der Waals surface area contributed by atoms with E-state index in [-0.39, 0.29) is 11.6 Å². The van der Waals surface area contributed by atoms with E-state index in [4.69, 9.17) is 9.47 Å². The first-order valence-corrected chi connectivity index (χ1v) is 6.50. The third kappa shape index (κ3) is 5.01. The zero-order valence-corrected chi connectivity index (χ0v) is 12.1. The van der Waals surface area contributed by atoms with Crippen molar-refractivity contribution < 1.29 is 14.3 Å². The molecule has 0 fully saturated rings. The highest BCUT2D eigenvalue weighted by atomic mass is 16.5. The van der Waals surface area contributed by atoms with Gasteiger partial charge in [0.05, 0.1) is 12.2 Å². The Morgan fingerprint density at radius 1 is 1.32 bits per heavy atom. The van der Waals surface area contributed by atoms with Crippen LogP contribution in [0, 0.1) is 0 Å². The van der Waals surface area contributed by atoms with Gasteiger partial charge in [-0.05, 0) is 26.3 Å². The molecule has 0 aliphatic carbocycles. The number of ether oxygens (including phenoxy) is 2. The predicted molar refractivity (Wildman–Crippen MR) is 74.9 cm³/mol. The highest BCUT2D eigenvalue weighted by Gasteiger charge is 2.25. The van der Waals surface area contributed by atoms with Crippen LogP contribution in [0.1, 0.15) is 32.4 Å². The molecule has 19 heavy (non-hydrogen) atoms. The largest absolute Gasteiger partial charge is 0.465 e. The standard InChI is InChI=1S/C15H23NO3/c1-5-19-14(17)13(12-9-7-6-8-10-12)16-11-15(2,3)18-4/h6-10,13,16H,5,11H2,1-4H3. The van der Waals surface area contributed by atoms with Gasteiger partial charge in [0.25, 0.3) is 0 Å². The van der Waals surface area contributed by atoms with E-state index >= 15 is 0 Å². The average Bonchev–Trinajstić information content (AvgIpc) is 2.40. The van der Waals surface area contributed by atoms with Crippen molar-refractivity contribution in [2.45, 2.75) is 32.4 Å². The molecule has 1 N–H and O–H groups in total. The summed E-state index contributed by atoms with van der Waals surface area (Å²) in [7, 11) is 1.66. The number of carbonyl (C=O) groups excluding carboxylic acids is 1. The first kappa shape index (κ1) is 15.7. The van der Waals surface area contributed by atoms with E-state index in [1.807, 2.05) is 44.2 Å². The average molecular weight is 265 g/mol. The third-order valence-corrected chi connectivity index (χ3v) is 2.94. The molecule has 0 spiro atoms. The molecule has 0 heterocycles. The van der Waals surface area contributed by atoms with Crippen LogP contribution in [0.15, 0.2) is 30.3 Å². The Bertz CT molecular complexity index is 390. The fourth-order valence-electron chi connectivity index (χ4n) is 1.63. The first-order chi connectivity index (χ1) is 9.00. The van der Waals surface area contributed by atoms with Gasteiger partial charge in [0.2, 0.25) is 0 Å². The molecule has 0 aromatic heterocycles. The van der Waals surface area contributed by atoms with Gasteiger partial charge >= 0.3 is 5.97 Å². The molecule has 0 saturated carbocycles. The SMILES string of the molecule is CCOC(=O)C(NCC(C)(C)OC)c1ccccc1. The fourth-order valence-corrected chi connectivity index (χ4v) is 1.63. The Morgan fingerprint density at radius 3 is 2.47 bits per heavy atom. The number of nitrogens with one attached hydrogen (secondary N) is 1. The Labute approximate surface area is 115 Å². The van der Waals surface area contributed by atoms with E-state index < -0.39 is 6.04 Å². The predicted octanol–water partition coefficient (Wildman–Crippen LogP) is 2.31. The Balaban J connectivity index is 2.79. The molecular formula is C15H23NO3. The molecule has 0 bridgehead atoms. The normalized spacial score (nSPS) is 13.1. The van der Waals surface area contributed by atoms with Crippen LogP contribution in [-0.4, -0.2) is 31.8 Å². The van der Waals surface area contributed by atoms with Crippen molar-refractivity contribution in [1.82, 2.24) is 5.32 Å². The molecule has 0 aliphatic rings. The lowest BCUT2D eigenvalue weighted by Gasteiger charge is -2.26. The second-order valence-corrected chi connectivity index (χ2v) is 4.94. The highest BCUT2D eigenvalue weighted by Crippen LogP contribution is 2.16. The van der Waals surface area contributed by atoms with Gasteiger partial charge in [-0.1, -0.05) is 30.3 Å². The lowest BCUT2D eigenvalue weighted by Crippen LogP contribution is -2.41. The molecular weight excluding hydrogens is 242 g/mol. The quantitative estimate of drug-likeness (QED) is 0.769. The molecule has 1 rings (SSSR count). The topological polar surface area (TPSA) is 47.6 Å². The van der Waals surface area contributed by atoms with Crippen LogP contribution >= 0.6 is 0 Å². The minimum absolute atomic E-state index is 0.263. The minimum Gasteiger partial charge on any atom is -0.465 e. The maximum absolute atomic E-state index is 12.0. The maximum Gasteiger partial charge on any atom is 0.327 e. The van der Waals surface area contributed by atoms with Gasteiger partial charge in [-0.25, -0.2) is 4.79 Å². The molecule has 1 aromatic rings. The van der Waals surface area contributed by atoms with Crippen LogP contribution in [0.4, 0.5) is 0 Å². The summed E-state index contributed by atoms with van der Waals surface area (Å²) in [6, 6.07) is 9.10. The maximum atomic E-state index is 12.0. The molecule has 0 amide bonds. The van der Waals surface area contributed by atoms with Crippen molar-refractivity contribution in [3.63, 3.8) is 0 Å². The Hall–Kier alpha value is -1.39. The number of hydrogen-bond donors (Lipinski definition) is 1. The minimum atomic E-state index is -0.462. The number of benzene rings is 1. The summed E-state index contributed by atoms with van der Waals surface area (Å²) in [5.41, 5.74) is 0.562. The van der Waals surface area contributed by atoms with Gasteiger partial charge in [0, 0.05) is 13.7 Å². The van der Waals surface area contributed by atoms with E-state index in [2.05, 4.69) is 5.32 Å². The van der Waals surface area contributed by atoms with Gasteiger partial charge in [-0.2, -0.15) is 0 Å². The first-order valence-electron chi connectivity index (χ1n) is 6.50. The van der Waals surface area contributed by atoms with Crippen LogP contribution in [0.25, 0.3) is 0 Å². The van der Waals surface area contributed by atoms with Gasteiger partial charge in [-0.3, -0.25) is 5.32 Å². The number of rotatable bonds is 7. The summed E-state index contributed by atoms with van der Waals surface area (Å²) in [6.07, 6.45) is 0. The zero-order valence-electron chi connectivity index (χ0n) is 12.1. The molecule has 1 aromatic carbocycles. The molecule has 0 saturated heterocycles. The number of carbonyl (C=O) groups is 1. The second-order valence-electron chi connectivity index (χ2n) is 4.94. The second kappa shape index (κ2) is 7.26. The van der Waals surface area contributed by atoms with Gasteiger partial charge < -0.3 is 9.47 Å². The summed E-state index contributed by atoms with van der Waals surface area (Å²) < 4.78 is 10.5. The summed E-state index contributed by atoms with van der Waals surface area (Å²) in [6.45, 7) is 6.67. The lowest BCUT2D eigenvalue weighted by atomic mass is 10.0. The van der Waals surface area contributed by atoms with Gasteiger partial charge in [-0.15, -0.1) is 0 Å². The molecule has 4 heteroatoms. The van der Waals surface area contributed by atoms with Crippen molar-refractivity contribution >= 4 is 5.97 Å². The molecule has 106 valence electrons. The van der Waals surface area contributed by atoms with Gasteiger partial charge in [0.15, 0.2) is 0 Å². The smallest absolute Gasteiger partial charge is 0.327 e. The number of hydrogen-bond acceptors (Lipinski definition) is 4. The van der Waals surface area contributed by atoms with Crippen molar-refractivity contribution in [2.24, 2.45) is 0 Å². The molecule has 1 unspecified atom stereocenters. The monoisotopic (exact) mass is 265 g/mol. The summed E-state index contributed by atoms with van der Waals surface area (Å²) in [5, 5.41) is 3.21. The van der Waals surface area contributed by atoms with Crippen molar-refractivity contribution in [2.75, 3.05) is 20.3 Å². The van der Waals surface area contributed by atoms with E-state index in [1.54, 1.807) is 14.0 Å². The van der Waals surface area contributed by atoms with E-state index in [0.29, 0.717) is 13.2 Å². The number of esters is 1. The third-order valence-electron chi connectivity index (χ3n) is 2.94. The number of methoxy groups -OCH3 is 1. The Kier molecular flexibility index (Phi) is 5.99. The fraction of sp³-hybridized carbons (Fsp3) is 0.533. The lowest BCUT2D eigenvalue weighted by molar-refractivity contribution is -0.146.